The quantitative estimate of drug-likeness (QED) is 0.849. The summed E-state index contributed by atoms with van der Waals surface area (Å²) < 4.78 is 0. The number of likely N-dealkylation sites (tertiary alicyclic amines) is 1. The molecule has 5 nitrogen and oxygen atoms in total. The Labute approximate surface area is 131 Å². The van der Waals surface area contributed by atoms with Crippen LogP contribution in [0.2, 0.25) is 0 Å². The van der Waals surface area contributed by atoms with Crippen LogP contribution in [0.15, 0.2) is 24.3 Å². The monoisotopic (exact) mass is 301 g/mol. The molecule has 22 heavy (non-hydrogen) atoms. The Hall–Kier alpha value is -1.72. The number of nitrogens with two attached hydrogens (primary N) is 1. The van der Waals surface area contributed by atoms with Gasteiger partial charge in [-0.25, -0.2) is 0 Å². The van der Waals surface area contributed by atoms with Crippen molar-refractivity contribution in [1.29, 1.82) is 0 Å². The van der Waals surface area contributed by atoms with Gasteiger partial charge in [-0.15, -0.1) is 0 Å². The maximum absolute atomic E-state index is 12.3. The Morgan fingerprint density at radius 1 is 1.14 bits per heavy atom. The Morgan fingerprint density at radius 2 is 1.77 bits per heavy atom. The van der Waals surface area contributed by atoms with Crippen LogP contribution in [0.3, 0.4) is 0 Å². The lowest BCUT2D eigenvalue weighted by atomic mass is 9.87. The zero-order chi connectivity index (χ0) is 15.7. The first-order valence-electron chi connectivity index (χ1n) is 7.99. The number of carbonyl (C=O) groups excluding carboxylic acids is 2. The topological polar surface area (TPSA) is 66.6 Å². The van der Waals surface area contributed by atoms with E-state index in [2.05, 4.69) is 11.8 Å². The van der Waals surface area contributed by atoms with Crippen molar-refractivity contribution in [3.05, 3.63) is 35.4 Å². The summed E-state index contributed by atoms with van der Waals surface area (Å²) in [5, 5.41) is 0. The second kappa shape index (κ2) is 6.18. The molecule has 0 aromatic heterocycles. The Balaban J connectivity index is 1.61. The van der Waals surface area contributed by atoms with E-state index in [4.69, 9.17) is 5.73 Å². The van der Waals surface area contributed by atoms with Crippen molar-refractivity contribution in [2.45, 2.75) is 13.3 Å². The van der Waals surface area contributed by atoms with Crippen LogP contribution in [0.1, 0.15) is 34.1 Å². The van der Waals surface area contributed by atoms with E-state index in [1.807, 2.05) is 0 Å². The van der Waals surface area contributed by atoms with E-state index in [0.29, 0.717) is 36.1 Å². The molecule has 5 heteroatoms. The number of hydrogen-bond acceptors (Lipinski definition) is 4. The molecule has 2 N–H and O–H groups in total. The Bertz CT molecular complexity index is 552. The third-order valence-electron chi connectivity index (χ3n) is 5.02. The van der Waals surface area contributed by atoms with Crippen molar-refractivity contribution in [2.75, 3.05) is 32.7 Å². The van der Waals surface area contributed by atoms with Crippen LogP contribution in [0.25, 0.3) is 0 Å². The van der Waals surface area contributed by atoms with Gasteiger partial charge in [0.25, 0.3) is 11.8 Å². The number of rotatable bonds is 4. The summed E-state index contributed by atoms with van der Waals surface area (Å²) >= 11 is 0. The zero-order valence-electron chi connectivity index (χ0n) is 13.0. The summed E-state index contributed by atoms with van der Waals surface area (Å²) in [6.07, 6.45) is 1.13. The van der Waals surface area contributed by atoms with Crippen LogP contribution in [0.4, 0.5) is 0 Å². The number of benzene rings is 1. The second-order valence-corrected chi connectivity index (χ2v) is 6.37. The van der Waals surface area contributed by atoms with Gasteiger partial charge in [0.15, 0.2) is 0 Å². The van der Waals surface area contributed by atoms with Crippen LogP contribution < -0.4 is 5.73 Å². The summed E-state index contributed by atoms with van der Waals surface area (Å²) in [5.41, 5.74) is 6.89. The molecule has 1 fully saturated rings. The lowest BCUT2D eigenvalue weighted by Gasteiger charge is -2.37. The van der Waals surface area contributed by atoms with Gasteiger partial charge in [-0.05, 0) is 43.5 Å². The van der Waals surface area contributed by atoms with Gasteiger partial charge in [-0.3, -0.25) is 14.5 Å². The molecule has 2 atom stereocenters. The standard InChI is InChI=1S/C17H23N3O2/c1-12-6-7-19(11-13(12)10-18)8-9-20-16(21)14-4-2-3-5-15(14)17(20)22/h2-5,12-13H,6-11,18H2,1H3. The summed E-state index contributed by atoms with van der Waals surface area (Å²) in [6.45, 7) is 6.11. The smallest absolute Gasteiger partial charge is 0.261 e. The molecular weight excluding hydrogens is 278 g/mol. The molecule has 2 aliphatic rings. The first-order chi connectivity index (χ1) is 10.6. The minimum Gasteiger partial charge on any atom is -0.330 e. The highest BCUT2D eigenvalue weighted by atomic mass is 16.2. The fourth-order valence-corrected chi connectivity index (χ4v) is 3.42. The lowest BCUT2D eigenvalue weighted by molar-refractivity contribution is 0.0609. The van der Waals surface area contributed by atoms with E-state index in [-0.39, 0.29) is 11.8 Å². The number of fused-ring (bicyclic) bond motifs is 1. The van der Waals surface area contributed by atoms with Gasteiger partial charge in [-0.2, -0.15) is 0 Å². The molecule has 1 saturated heterocycles. The highest BCUT2D eigenvalue weighted by Crippen LogP contribution is 2.24. The van der Waals surface area contributed by atoms with Crippen LogP contribution in [-0.2, 0) is 0 Å². The molecule has 0 saturated carbocycles. The number of nitrogens with zero attached hydrogens (tertiary/aromatic N) is 2. The highest BCUT2D eigenvalue weighted by Gasteiger charge is 2.35. The van der Waals surface area contributed by atoms with E-state index >= 15 is 0 Å². The lowest BCUT2D eigenvalue weighted by Crippen LogP contribution is -2.46. The molecular formula is C17H23N3O2. The zero-order valence-corrected chi connectivity index (χ0v) is 13.0. The SMILES string of the molecule is CC1CCN(CCN2C(=O)c3ccccc3C2=O)CC1CN. The highest BCUT2D eigenvalue weighted by molar-refractivity contribution is 6.21. The molecule has 0 bridgehead atoms. The fourth-order valence-electron chi connectivity index (χ4n) is 3.42. The van der Waals surface area contributed by atoms with E-state index in [1.54, 1.807) is 24.3 Å². The van der Waals surface area contributed by atoms with Gasteiger partial charge in [0.1, 0.15) is 0 Å². The van der Waals surface area contributed by atoms with Crippen molar-refractivity contribution in [3.63, 3.8) is 0 Å². The van der Waals surface area contributed by atoms with Gasteiger partial charge in [0.05, 0.1) is 11.1 Å². The van der Waals surface area contributed by atoms with Crippen molar-refractivity contribution in [1.82, 2.24) is 9.80 Å². The average molecular weight is 301 g/mol. The van der Waals surface area contributed by atoms with Gasteiger partial charge >= 0.3 is 0 Å². The largest absolute Gasteiger partial charge is 0.330 e. The van der Waals surface area contributed by atoms with E-state index in [1.165, 1.54) is 4.90 Å². The Morgan fingerprint density at radius 3 is 2.36 bits per heavy atom. The molecule has 3 rings (SSSR count). The summed E-state index contributed by atoms with van der Waals surface area (Å²) in [7, 11) is 0. The van der Waals surface area contributed by atoms with Crippen molar-refractivity contribution in [3.8, 4) is 0 Å². The summed E-state index contributed by atoms with van der Waals surface area (Å²) in [4.78, 5) is 28.3. The number of imide groups is 1. The molecule has 0 spiro atoms. The normalized spacial score (nSPS) is 25.6. The van der Waals surface area contributed by atoms with Crippen LogP contribution >= 0.6 is 0 Å². The van der Waals surface area contributed by atoms with E-state index in [0.717, 1.165) is 26.1 Å². The molecule has 118 valence electrons. The number of amides is 2. The van der Waals surface area contributed by atoms with E-state index in [9.17, 15) is 9.59 Å². The van der Waals surface area contributed by atoms with Crippen molar-refractivity contribution in [2.24, 2.45) is 17.6 Å². The molecule has 0 radical (unpaired) electrons. The molecule has 2 amide bonds. The molecule has 1 aromatic carbocycles. The van der Waals surface area contributed by atoms with Crippen LogP contribution in [0, 0.1) is 11.8 Å². The first-order valence-corrected chi connectivity index (χ1v) is 7.99. The summed E-state index contributed by atoms with van der Waals surface area (Å²) in [5.74, 6) is 0.833. The molecule has 1 aromatic rings. The summed E-state index contributed by atoms with van der Waals surface area (Å²) in [6, 6.07) is 7.04. The van der Waals surface area contributed by atoms with E-state index < -0.39 is 0 Å². The third-order valence-corrected chi connectivity index (χ3v) is 5.02. The number of carbonyl (C=O) groups is 2. The number of hydrogen-bond donors (Lipinski definition) is 1. The Kier molecular flexibility index (Phi) is 4.27. The van der Waals surface area contributed by atoms with Gasteiger partial charge < -0.3 is 10.6 Å². The van der Waals surface area contributed by atoms with Gasteiger partial charge in [0, 0.05) is 19.6 Å². The minimum atomic E-state index is -0.165. The maximum Gasteiger partial charge on any atom is 0.261 e. The number of piperidine rings is 1. The minimum absolute atomic E-state index is 0.165. The van der Waals surface area contributed by atoms with Crippen LogP contribution in [0.5, 0.6) is 0 Å². The maximum atomic E-state index is 12.3. The fraction of sp³-hybridized carbons (Fsp3) is 0.529. The van der Waals surface area contributed by atoms with Crippen molar-refractivity contribution >= 4 is 11.8 Å². The van der Waals surface area contributed by atoms with Crippen molar-refractivity contribution < 1.29 is 9.59 Å². The molecule has 2 unspecified atom stereocenters. The molecule has 2 heterocycles. The average Bonchev–Trinajstić information content (AvgIpc) is 2.79. The predicted molar refractivity (Wildman–Crippen MR) is 84.6 cm³/mol. The van der Waals surface area contributed by atoms with Gasteiger partial charge in [-0.1, -0.05) is 19.1 Å². The molecule has 2 aliphatic heterocycles. The molecule has 0 aliphatic carbocycles. The first kappa shape index (κ1) is 15.2. The third kappa shape index (κ3) is 2.66. The second-order valence-electron chi connectivity index (χ2n) is 6.37. The predicted octanol–water partition coefficient (Wildman–Crippen LogP) is 1.20. The van der Waals surface area contributed by atoms with Gasteiger partial charge in [0.2, 0.25) is 0 Å². The van der Waals surface area contributed by atoms with Crippen LogP contribution in [-0.4, -0.2) is 54.3 Å².